The fourth-order valence-electron chi connectivity index (χ4n) is 4.74. The van der Waals surface area contributed by atoms with Crippen LogP contribution in [-0.4, -0.2) is 47.0 Å². The molecule has 2 N–H and O–H groups in total. The number of hydrogen-bond donors (Lipinski definition) is 2. The second kappa shape index (κ2) is 11.0. The number of urea groups is 1. The summed E-state index contributed by atoms with van der Waals surface area (Å²) >= 11 is 2.77. The Morgan fingerprint density at radius 1 is 1.21 bits per heavy atom. The van der Waals surface area contributed by atoms with E-state index in [4.69, 9.17) is 9.72 Å². The van der Waals surface area contributed by atoms with E-state index < -0.39 is 11.9 Å². The Kier molecular flexibility index (Phi) is 8.08. The fraction of sp³-hybridized carbons (Fsp3) is 0.652. The highest BCUT2D eigenvalue weighted by Gasteiger charge is 2.25. The van der Waals surface area contributed by atoms with Gasteiger partial charge in [-0.1, -0.05) is 31.5 Å². The number of aryl methyl sites for hydroxylation is 2. The molecule has 2 aliphatic rings. The van der Waals surface area contributed by atoms with E-state index in [-0.39, 0.29) is 17.4 Å². The number of rotatable bonds is 7. The molecule has 2 aromatic rings. The molecule has 0 bridgehead atoms. The van der Waals surface area contributed by atoms with E-state index in [1.807, 2.05) is 0 Å². The number of carbonyl (C=O) groups is 2. The third-order valence-electron chi connectivity index (χ3n) is 6.57. The highest BCUT2D eigenvalue weighted by molar-refractivity contribution is 7.99. The molecule has 180 valence electrons. The number of aromatic nitrogens is 2. The lowest BCUT2D eigenvalue weighted by Gasteiger charge is -2.29. The fourth-order valence-corrected chi connectivity index (χ4v) is 6.87. The van der Waals surface area contributed by atoms with Crippen molar-refractivity contribution in [3.05, 3.63) is 20.8 Å². The Labute approximate surface area is 201 Å². The van der Waals surface area contributed by atoms with Crippen LogP contribution in [-0.2, 0) is 28.9 Å². The molecule has 33 heavy (non-hydrogen) atoms. The Morgan fingerprint density at radius 3 is 2.79 bits per heavy atom. The van der Waals surface area contributed by atoms with Gasteiger partial charge in [-0.3, -0.25) is 19.5 Å². The van der Waals surface area contributed by atoms with Gasteiger partial charge in [0.25, 0.3) is 5.56 Å². The first-order valence-electron chi connectivity index (χ1n) is 11.7. The maximum absolute atomic E-state index is 13.4. The summed E-state index contributed by atoms with van der Waals surface area (Å²) in [5.41, 5.74) is 1.08. The Balaban J connectivity index is 1.46. The summed E-state index contributed by atoms with van der Waals surface area (Å²) in [7, 11) is 1.59. The van der Waals surface area contributed by atoms with Gasteiger partial charge in [-0.05, 0) is 50.0 Å². The van der Waals surface area contributed by atoms with Crippen molar-refractivity contribution in [1.82, 2.24) is 20.2 Å². The number of ether oxygens (including phenoxy) is 1. The number of amides is 3. The maximum Gasteiger partial charge on any atom is 0.321 e. The van der Waals surface area contributed by atoms with Crippen molar-refractivity contribution in [2.45, 2.75) is 76.0 Å². The molecular formula is C23H32N4O4S2. The van der Waals surface area contributed by atoms with Crippen LogP contribution >= 0.6 is 23.1 Å². The molecule has 0 unspecified atom stereocenters. The number of methoxy groups -OCH3 is 1. The van der Waals surface area contributed by atoms with Crippen LogP contribution in [0.3, 0.4) is 0 Å². The zero-order valence-corrected chi connectivity index (χ0v) is 20.9. The van der Waals surface area contributed by atoms with Gasteiger partial charge in [-0.25, -0.2) is 9.78 Å². The van der Waals surface area contributed by atoms with Crippen LogP contribution in [0.2, 0.25) is 0 Å². The summed E-state index contributed by atoms with van der Waals surface area (Å²) in [6.07, 6.45) is 8.46. The minimum Gasteiger partial charge on any atom is -0.383 e. The first-order chi connectivity index (χ1) is 16.0. The van der Waals surface area contributed by atoms with E-state index in [1.54, 1.807) is 23.0 Å². The standard InChI is InChI=1S/C23H32N4O4S2/c1-14-7-3-5-9-16(14)24-22(30)25-18(28)13-32-23-26-20-19(21(29)27(23)11-12-31-2)15-8-4-6-10-17(15)33-20/h14,16H,3-13H2,1-2H3,(H2,24,25,28,30)/t14-,16+/m0/s1. The highest BCUT2D eigenvalue weighted by atomic mass is 32.2. The van der Waals surface area contributed by atoms with E-state index >= 15 is 0 Å². The highest BCUT2D eigenvalue weighted by Crippen LogP contribution is 2.34. The third-order valence-corrected chi connectivity index (χ3v) is 8.73. The van der Waals surface area contributed by atoms with Crippen molar-refractivity contribution in [2.75, 3.05) is 19.5 Å². The average molecular weight is 493 g/mol. The van der Waals surface area contributed by atoms with Crippen molar-refractivity contribution in [3.63, 3.8) is 0 Å². The molecule has 2 atom stereocenters. The number of thioether (sulfide) groups is 1. The molecule has 2 heterocycles. The topological polar surface area (TPSA) is 102 Å². The van der Waals surface area contributed by atoms with Crippen LogP contribution in [0.15, 0.2) is 9.95 Å². The lowest BCUT2D eigenvalue weighted by Crippen LogP contribution is -2.48. The predicted molar refractivity (Wildman–Crippen MR) is 131 cm³/mol. The molecule has 0 aliphatic heterocycles. The monoisotopic (exact) mass is 492 g/mol. The Morgan fingerprint density at radius 2 is 2.00 bits per heavy atom. The summed E-state index contributed by atoms with van der Waals surface area (Å²) in [6.45, 7) is 2.87. The van der Waals surface area contributed by atoms with Gasteiger partial charge >= 0.3 is 6.03 Å². The number of carbonyl (C=O) groups excluding carboxylic acids is 2. The normalized spacial score (nSPS) is 20.4. The quantitative estimate of drug-likeness (QED) is 0.453. The zero-order chi connectivity index (χ0) is 23.4. The zero-order valence-electron chi connectivity index (χ0n) is 19.3. The van der Waals surface area contributed by atoms with Crippen LogP contribution in [0.4, 0.5) is 4.79 Å². The average Bonchev–Trinajstić information content (AvgIpc) is 3.17. The molecule has 10 heteroatoms. The summed E-state index contributed by atoms with van der Waals surface area (Å²) in [6, 6.07) is -0.349. The second-order valence-corrected chi connectivity index (χ2v) is 10.9. The summed E-state index contributed by atoms with van der Waals surface area (Å²) in [4.78, 5) is 44.9. The first-order valence-corrected chi connectivity index (χ1v) is 13.5. The van der Waals surface area contributed by atoms with E-state index in [0.717, 1.165) is 60.7 Å². The maximum atomic E-state index is 13.4. The Hall–Kier alpha value is -1.91. The number of hydrogen-bond acceptors (Lipinski definition) is 7. The lowest BCUT2D eigenvalue weighted by atomic mass is 9.86. The molecule has 2 aromatic heterocycles. The molecule has 0 radical (unpaired) electrons. The van der Waals surface area contributed by atoms with Gasteiger partial charge in [0.15, 0.2) is 5.16 Å². The number of nitrogens with zero attached hydrogens (tertiary/aromatic N) is 2. The van der Waals surface area contributed by atoms with Crippen LogP contribution < -0.4 is 16.2 Å². The van der Waals surface area contributed by atoms with Gasteiger partial charge in [0.05, 0.1) is 24.3 Å². The molecule has 1 saturated carbocycles. The molecule has 2 aliphatic carbocycles. The largest absolute Gasteiger partial charge is 0.383 e. The van der Waals surface area contributed by atoms with Crippen LogP contribution in [0.25, 0.3) is 10.2 Å². The smallest absolute Gasteiger partial charge is 0.321 e. The molecule has 1 fully saturated rings. The van der Waals surface area contributed by atoms with Crippen LogP contribution in [0.5, 0.6) is 0 Å². The van der Waals surface area contributed by atoms with Crippen LogP contribution in [0, 0.1) is 5.92 Å². The van der Waals surface area contributed by atoms with Gasteiger partial charge in [-0.15, -0.1) is 11.3 Å². The van der Waals surface area contributed by atoms with Crippen molar-refractivity contribution in [3.8, 4) is 0 Å². The number of nitrogens with one attached hydrogen (secondary N) is 2. The molecule has 3 amide bonds. The lowest BCUT2D eigenvalue weighted by molar-refractivity contribution is -0.117. The number of thiophene rings is 1. The van der Waals surface area contributed by atoms with E-state index in [9.17, 15) is 14.4 Å². The Bertz CT molecular complexity index is 1080. The minimum atomic E-state index is -0.453. The van der Waals surface area contributed by atoms with Crippen LogP contribution in [0.1, 0.15) is 55.9 Å². The van der Waals surface area contributed by atoms with Gasteiger partial charge < -0.3 is 10.1 Å². The first kappa shape index (κ1) is 24.2. The summed E-state index contributed by atoms with van der Waals surface area (Å²) in [5.74, 6) is 0.0136. The van der Waals surface area contributed by atoms with Gasteiger partial charge in [-0.2, -0.15) is 0 Å². The number of imide groups is 1. The predicted octanol–water partition coefficient (Wildman–Crippen LogP) is 3.48. The second-order valence-electron chi connectivity index (χ2n) is 8.91. The third kappa shape index (κ3) is 5.60. The molecule has 0 spiro atoms. The molecule has 8 nitrogen and oxygen atoms in total. The van der Waals surface area contributed by atoms with E-state index in [0.29, 0.717) is 24.2 Å². The van der Waals surface area contributed by atoms with Crippen molar-refractivity contribution >= 4 is 45.3 Å². The molecule has 0 aromatic carbocycles. The van der Waals surface area contributed by atoms with E-state index in [1.165, 1.54) is 23.1 Å². The molecule has 0 saturated heterocycles. The van der Waals surface area contributed by atoms with Crippen molar-refractivity contribution in [1.29, 1.82) is 0 Å². The molecule has 4 rings (SSSR count). The molecular weight excluding hydrogens is 460 g/mol. The van der Waals surface area contributed by atoms with Crippen molar-refractivity contribution < 1.29 is 14.3 Å². The van der Waals surface area contributed by atoms with E-state index in [2.05, 4.69) is 17.6 Å². The SMILES string of the molecule is COCCn1c(SCC(=O)NC(=O)N[C@@H]2CCCC[C@@H]2C)nc2sc3c(c2c1=O)CCCC3. The summed E-state index contributed by atoms with van der Waals surface area (Å²) in [5, 5.41) is 6.57. The number of fused-ring (bicyclic) bond motifs is 3. The summed E-state index contributed by atoms with van der Waals surface area (Å²) < 4.78 is 6.80. The van der Waals surface area contributed by atoms with Gasteiger partial charge in [0.2, 0.25) is 5.91 Å². The van der Waals surface area contributed by atoms with Gasteiger partial charge in [0, 0.05) is 18.0 Å². The van der Waals surface area contributed by atoms with Gasteiger partial charge in [0.1, 0.15) is 4.83 Å². The van der Waals surface area contributed by atoms with Crippen molar-refractivity contribution in [2.24, 2.45) is 5.92 Å². The minimum absolute atomic E-state index is 0.00363.